The Hall–Kier alpha value is -1.52. The van der Waals surface area contributed by atoms with Crippen molar-refractivity contribution in [3.63, 3.8) is 0 Å². The van der Waals surface area contributed by atoms with Gasteiger partial charge in [-0.3, -0.25) is 9.89 Å². The number of carbonyl (C=O) groups is 1. The third kappa shape index (κ3) is 2.43. The third-order valence-electron chi connectivity index (χ3n) is 3.41. The number of hydrogen-bond acceptors (Lipinski definition) is 3. The normalized spacial score (nSPS) is 20.5. The van der Waals surface area contributed by atoms with E-state index in [0.717, 1.165) is 32.2 Å². The number of anilines is 1. The van der Waals surface area contributed by atoms with E-state index in [9.17, 15) is 4.79 Å². The lowest BCUT2D eigenvalue weighted by Gasteiger charge is -2.35. The van der Waals surface area contributed by atoms with Crippen molar-refractivity contribution in [2.45, 2.75) is 45.1 Å². The number of rotatable bonds is 3. The molecule has 1 fully saturated rings. The average molecular weight is 236 g/mol. The number of nitrogens with zero attached hydrogens (tertiary/aromatic N) is 2. The number of carbonyl (C=O) groups excluding carboxylic acids is 1. The minimum absolute atomic E-state index is 0.0226. The number of aromatic amines is 1. The predicted molar refractivity (Wildman–Crippen MR) is 66.6 cm³/mol. The average Bonchev–Trinajstić information content (AvgIpc) is 2.76. The summed E-state index contributed by atoms with van der Waals surface area (Å²) in [4.78, 5) is 14.3. The molecule has 1 aromatic rings. The molecule has 2 heterocycles. The van der Waals surface area contributed by atoms with Gasteiger partial charge in [0.1, 0.15) is 11.4 Å². The van der Waals surface area contributed by atoms with Crippen molar-refractivity contribution >= 4 is 11.7 Å². The van der Waals surface area contributed by atoms with Gasteiger partial charge in [-0.2, -0.15) is 5.10 Å². The summed E-state index contributed by atoms with van der Waals surface area (Å²) in [6, 6.07) is 0.371. The molecule has 5 nitrogen and oxygen atoms in total. The fourth-order valence-corrected chi connectivity index (χ4v) is 2.52. The van der Waals surface area contributed by atoms with Crippen LogP contribution in [0.25, 0.3) is 0 Å². The van der Waals surface area contributed by atoms with E-state index in [1.54, 1.807) is 0 Å². The van der Waals surface area contributed by atoms with Crippen LogP contribution in [0.4, 0.5) is 5.82 Å². The molecule has 0 radical (unpaired) electrons. The van der Waals surface area contributed by atoms with Crippen molar-refractivity contribution < 1.29 is 4.79 Å². The van der Waals surface area contributed by atoms with E-state index in [1.807, 2.05) is 4.90 Å². The van der Waals surface area contributed by atoms with Gasteiger partial charge in [-0.15, -0.1) is 0 Å². The van der Waals surface area contributed by atoms with Crippen LogP contribution in [-0.4, -0.2) is 33.6 Å². The van der Waals surface area contributed by atoms with E-state index in [0.29, 0.717) is 17.4 Å². The van der Waals surface area contributed by atoms with Crippen molar-refractivity contribution in [1.82, 2.24) is 15.1 Å². The zero-order valence-electron chi connectivity index (χ0n) is 10.3. The SMILES string of the molecule is CCCC1CCCCN1C(=O)c1cn[nH]c1N. The van der Waals surface area contributed by atoms with Gasteiger partial charge in [0.2, 0.25) is 0 Å². The maximum Gasteiger partial charge on any atom is 0.259 e. The van der Waals surface area contributed by atoms with E-state index in [2.05, 4.69) is 17.1 Å². The Morgan fingerprint density at radius 2 is 2.47 bits per heavy atom. The Morgan fingerprint density at radius 1 is 1.65 bits per heavy atom. The number of nitrogens with one attached hydrogen (secondary N) is 1. The molecule has 0 aromatic carbocycles. The van der Waals surface area contributed by atoms with Crippen LogP contribution < -0.4 is 5.73 Å². The summed E-state index contributed by atoms with van der Waals surface area (Å²) in [7, 11) is 0. The number of likely N-dealkylation sites (tertiary alicyclic amines) is 1. The van der Waals surface area contributed by atoms with E-state index in [1.165, 1.54) is 12.6 Å². The van der Waals surface area contributed by atoms with Crippen molar-refractivity contribution in [3.05, 3.63) is 11.8 Å². The molecule has 5 heteroatoms. The van der Waals surface area contributed by atoms with Gasteiger partial charge in [0.05, 0.1) is 6.20 Å². The number of hydrogen-bond donors (Lipinski definition) is 2. The van der Waals surface area contributed by atoms with Gasteiger partial charge in [0, 0.05) is 12.6 Å². The molecule has 0 bridgehead atoms. The van der Waals surface area contributed by atoms with Crippen LogP contribution in [0, 0.1) is 0 Å². The number of H-pyrrole nitrogens is 1. The van der Waals surface area contributed by atoms with Gasteiger partial charge in [0.15, 0.2) is 0 Å². The van der Waals surface area contributed by atoms with Crippen LogP contribution in [0.15, 0.2) is 6.20 Å². The molecule has 1 aromatic heterocycles. The number of nitrogen functional groups attached to an aromatic ring is 1. The predicted octanol–water partition coefficient (Wildman–Crippen LogP) is 1.79. The first kappa shape index (κ1) is 12.0. The molecule has 1 aliphatic heterocycles. The monoisotopic (exact) mass is 236 g/mol. The molecule has 0 aliphatic carbocycles. The molecule has 2 rings (SSSR count). The van der Waals surface area contributed by atoms with Crippen LogP contribution in [0.3, 0.4) is 0 Å². The molecule has 1 unspecified atom stereocenters. The highest BCUT2D eigenvalue weighted by Crippen LogP contribution is 2.23. The van der Waals surface area contributed by atoms with Crippen molar-refractivity contribution in [2.75, 3.05) is 12.3 Å². The van der Waals surface area contributed by atoms with Crippen LogP contribution in [0.1, 0.15) is 49.4 Å². The maximum atomic E-state index is 12.4. The minimum atomic E-state index is 0.0226. The quantitative estimate of drug-likeness (QED) is 0.840. The largest absolute Gasteiger partial charge is 0.383 e. The second-order valence-corrected chi connectivity index (χ2v) is 4.63. The van der Waals surface area contributed by atoms with E-state index < -0.39 is 0 Å². The summed E-state index contributed by atoms with van der Waals surface area (Å²) in [6.07, 6.45) is 7.12. The molecule has 1 saturated heterocycles. The van der Waals surface area contributed by atoms with E-state index in [4.69, 9.17) is 5.73 Å². The molecule has 1 amide bonds. The molecule has 3 N–H and O–H groups in total. The Kier molecular flexibility index (Phi) is 3.66. The van der Waals surface area contributed by atoms with Crippen LogP contribution in [0.2, 0.25) is 0 Å². The molecule has 1 aliphatic rings. The smallest absolute Gasteiger partial charge is 0.259 e. The molecule has 0 saturated carbocycles. The lowest BCUT2D eigenvalue weighted by atomic mass is 9.97. The minimum Gasteiger partial charge on any atom is -0.383 e. The summed E-state index contributed by atoms with van der Waals surface area (Å²) >= 11 is 0. The third-order valence-corrected chi connectivity index (χ3v) is 3.41. The van der Waals surface area contributed by atoms with E-state index >= 15 is 0 Å². The second-order valence-electron chi connectivity index (χ2n) is 4.63. The van der Waals surface area contributed by atoms with Gasteiger partial charge < -0.3 is 10.6 Å². The lowest BCUT2D eigenvalue weighted by molar-refractivity contribution is 0.0602. The van der Waals surface area contributed by atoms with Crippen molar-refractivity contribution in [2.24, 2.45) is 0 Å². The first-order valence-electron chi connectivity index (χ1n) is 6.33. The molecular weight excluding hydrogens is 216 g/mol. The summed E-state index contributed by atoms with van der Waals surface area (Å²) in [5.74, 6) is 0.394. The molecule has 1 atom stereocenters. The zero-order valence-corrected chi connectivity index (χ0v) is 10.3. The molecule has 94 valence electrons. The van der Waals surface area contributed by atoms with Crippen LogP contribution in [0.5, 0.6) is 0 Å². The zero-order chi connectivity index (χ0) is 12.3. The van der Waals surface area contributed by atoms with Gasteiger partial charge in [-0.1, -0.05) is 13.3 Å². The fourth-order valence-electron chi connectivity index (χ4n) is 2.52. The first-order chi connectivity index (χ1) is 8.24. The van der Waals surface area contributed by atoms with Crippen LogP contribution >= 0.6 is 0 Å². The lowest BCUT2D eigenvalue weighted by Crippen LogP contribution is -2.43. The van der Waals surface area contributed by atoms with E-state index in [-0.39, 0.29) is 5.91 Å². The summed E-state index contributed by atoms with van der Waals surface area (Å²) in [5.41, 5.74) is 6.21. The maximum absolute atomic E-state index is 12.4. The van der Waals surface area contributed by atoms with Gasteiger partial charge in [-0.05, 0) is 25.7 Å². The Labute approximate surface area is 101 Å². The Balaban J connectivity index is 2.14. The fraction of sp³-hybridized carbons (Fsp3) is 0.667. The number of aromatic nitrogens is 2. The van der Waals surface area contributed by atoms with Crippen molar-refractivity contribution in [1.29, 1.82) is 0 Å². The molecule has 0 spiro atoms. The standard InChI is InChI=1S/C12H20N4O/c1-2-5-9-6-3-4-7-16(9)12(17)10-8-14-15-11(10)13/h8-9H,2-7H2,1H3,(H3,13,14,15). The number of piperidine rings is 1. The highest BCUT2D eigenvalue weighted by atomic mass is 16.2. The van der Waals surface area contributed by atoms with Crippen LogP contribution in [-0.2, 0) is 0 Å². The van der Waals surface area contributed by atoms with Gasteiger partial charge >= 0.3 is 0 Å². The second kappa shape index (κ2) is 5.21. The Morgan fingerprint density at radius 3 is 3.12 bits per heavy atom. The summed E-state index contributed by atoms with van der Waals surface area (Å²) in [6.45, 7) is 3.00. The first-order valence-corrected chi connectivity index (χ1v) is 6.33. The molecule has 17 heavy (non-hydrogen) atoms. The highest BCUT2D eigenvalue weighted by Gasteiger charge is 2.28. The summed E-state index contributed by atoms with van der Waals surface area (Å²) in [5, 5.41) is 6.43. The molecular formula is C12H20N4O. The van der Waals surface area contributed by atoms with Gasteiger partial charge in [-0.25, -0.2) is 0 Å². The summed E-state index contributed by atoms with van der Waals surface area (Å²) < 4.78 is 0. The number of nitrogens with two attached hydrogens (primary N) is 1. The topological polar surface area (TPSA) is 75.0 Å². The van der Waals surface area contributed by atoms with Gasteiger partial charge in [0.25, 0.3) is 5.91 Å². The highest BCUT2D eigenvalue weighted by molar-refractivity contribution is 5.98. The number of amides is 1. The van der Waals surface area contributed by atoms with Crippen molar-refractivity contribution in [3.8, 4) is 0 Å². The Bertz CT molecular complexity index is 386.